The first-order chi connectivity index (χ1) is 19.4. The highest BCUT2D eigenvalue weighted by atomic mass is 19.4. The van der Waals surface area contributed by atoms with Gasteiger partial charge in [-0.25, -0.2) is 4.68 Å². The number of fused-ring (bicyclic) bond motifs is 1. The van der Waals surface area contributed by atoms with Crippen molar-refractivity contribution in [3.05, 3.63) is 65.5 Å². The zero-order valence-corrected chi connectivity index (χ0v) is 22.9. The summed E-state index contributed by atoms with van der Waals surface area (Å²) in [6, 6.07) is 9.33. The Bertz CT molecular complexity index is 1340. The van der Waals surface area contributed by atoms with Crippen molar-refractivity contribution in [2.75, 3.05) is 32.1 Å². The standard InChI is InChI=1S/C27H32F3N7O4/c1-17-11-37(18(2)15-38)26(40)22-10-21(32-25(39)14-36-16-31-33-34-36)8-9-23(22)41-24(17)13-35(3)12-19-4-6-20(7-5-19)27(28,29)30/h4-10,16-18,24,38H,11-15H2,1-3H3,(H,32,39)/t17-,18-,24-/m0/s1. The maximum Gasteiger partial charge on any atom is 0.416 e. The molecule has 0 aliphatic carbocycles. The summed E-state index contributed by atoms with van der Waals surface area (Å²) in [6.45, 7) is 4.44. The Kier molecular flexibility index (Phi) is 9.23. The average Bonchev–Trinajstić information content (AvgIpc) is 3.43. The second kappa shape index (κ2) is 12.6. The Balaban J connectivity index is 1.53. The van der Waals surface area contributed by atoms with Crippen LogP contribution >= 0.6 is 0 Å². The first kappa shape index (κ1) is 29.9. The Morgan fingerprint density at radius 2 is 1.98 bits per heavy atom. The van der Waals surface area contributed by atoms with E-state index in [1.165, 1.54) is 29.2 Å². The molecular formula is C27H32F3N7O4. The third-order valence-electron chi connectivity index (χ3n) is 6.87. The lowest BCUT2D eigenvalue weighted by Gasteiger charge is -2.38. The van der Waals surface area contributed by atoms with Crippen LogP contribution in [0.1, 0.15) is 35.3 Å². The molecule has 0 spiro atoms. The highest BCUT2D eigenvalue weighted by Crippen LogP contribution is 2.31. The van der Waals surface area contributed by atoms with Gasteiger partial charge in [-0.05, 0) is 60.3 Å². The van der Waals surface area contributed by atoms with Crippen molar-refractivity contribution < 1.29 is 32.6 Å². The van der Waals surface area contributed by atoms with Crippen LogP contribution in [-0.2, 0) is 24.1 Å². The van der Waals surface area contributed by atoms with Gasteiger partial charge in [-0.15, -0.1) is 5.10 Å². The van der Waals surface area contributed by atoms with Gasteiger partial charge in [0.1, 0.15) is 24.7 Å². The topological polar surface area (TPSA) is 126 Å². The van der Waals surface area contributed by atoms with E-state index in [0.29, 0.717) is 36.6 Å². The number of alkyl halides is 3. The molecule has 2 amide bonds. The molecule has 2 N–H and O–H groups in total. The molecule has 3 aromatic rings. The molecule has 0 saturated carbocycles. The predicted octanol–water partition coefficient (Wildman–Crippen LogP) is 2.68. The molecule has 14 heteroatoms. The summed E-state index contributed by atoms with van der Waals surface area (Å²) in [5, 5.41) is 23.2. The number of aromatic nitrogens is 4. The quantitative estimate of drug-likeness (QED) is 0.399. The lowest BCUT2D eigenvalue weighted by molar-refractivity contribution is -0.137. The predicted molar refractivity (Wildman–Crippen MR) is 142 cm³/mol. The number of nitrogens with one attached hydrogen (secondary N) is 1. The normalized spacial score (nSPS) is 18.3. The Morgan fingerprint density at radius 3 is 2.61 bits per heavy atom. The van der Waals surface area contributed by atoms with Gasteiger partial charge in [-0.1, -0.05) is 19.1 Å². The number of tetrazole rings is 1. The van der Waals surface area contributed by atoms with E-state index >= 15 is 0 Å². The molecule has 0 unspecified atom stereocenters. The fraction of sp³-hybridized carbons (Fsp3) is 0.444. The number of hydrogen-bond donors (Lipinski definition) is 2. The Morgan fingerprint density at radius 1 is 1.24 bits per heavy atom. The summed E-state index contributed by atoms with van der Waals surface area (Å²) in [6.07, 6.45) is -3.48. The number of hydrogen-bond acceptors (Lipinski definition) is 8. The van der Waals surface area contributed by atoms with Gasteiger partial charge < -0.3 is 20.1 Å². The SMILES string of the molecule is C[C@H]1CN([C@@H](C)CO)C(=O)c2cc(NC(=O)Cn3cnnn3)ccc2O[C@H]1CN(C)Cc1ccc(C(F)(F)F)cc1. The van der Waals surface area contributed by atoms with Crippen molar-refractivity contribution >= 4 is 17.5 Å². The van der Waals surface area contributed by atoms with Gasteiger partial charge in [0.15, 0.2) is 0 Å². The number of amides is 2. The molecule has 1 aliphatic heterocycles. The molecule has 0 fully saturated rings. The highest BCUT2D eigenvalue weighted by Gasteiger charge is 2.34. The lowest BCUT2D eigenvalue weighted by Crippen LogP contribution is -2.49. The Labute approximate surface area is 234 Å². The Hall–Kier alpha value is -4.04. The zero-order chi connectivity index (χ0) is 29.7. The molecule has 1 aromatic heterocycles. The van der Waals surface area contributed by atoms with E-state index in [1.54, 1.807) is 24.0 Å². The van der Waals surface area contributed by atoms with Crippen molar-refractivity contribution in [3.8, 4) is 5.75 Å². The number of benzene rings is 2. The summed E-state index contributed by atoms with van der Waals surface area (Å²) in [4.78, 5) is 29.6. The van der Waals surface area contributed by atoms with E-state index in [1.807, 2.05) is 18.9 Å². The van der Waals surface area contributed by atoms with E-state index in [4.69, 9.17) is 4.74 Å². The third-order valence-corrected chi connectivity index (χ3v) is 6.87. The highest BCUT2D eigenvalue weighted by molar-refractivity contribution is 5.99. The average molecular weight is 576 g/mol. The van der Waals surface area contributed by atoms with Crippen LogP contribution < -0.4 is 10.1 Å². The number of anilines is 1. The minimum atomic E-state index is -4.40. The monoisotopic (exact) mass is 575 g/mol. The number of aliphatic hydroxyl groups excluding tert-OH is 1. The summed E-state index contributed by atoms with van der Waals surface area (Å²) in [7, 11) is 1.84. The molecule has 0 bridgehead atoms. The molecule has 1 aliphatic rings. The summed E-state index contributed by atoms with van der Waals surface area (Å²) in [5.74, 6) is -0.565. The second-order valence-corrected chi connectivity index (χ2v) is 10.3. The number of aliphatic hydroxyl groups is 1. The van der Waals surface area contributed by atoms with Crippen LogP contribution in [0.4, 0.5) is 18.9 Å². The largest absolute Gasteiger partial charge is 0.488 e. The van der Waals surface area contributed by atoms with Crippen LogP contribution in [0.15, 0.2) is 48.8 Å². The van der Waals surface area contributed by atoms with Crippen LogP contribution in [-0.4, -0.2) is 85.8 Å². The molecule has 4 rings (SSSR count). The van der Waals surface area contributed by atoms with Crippen LogP contribution in [0.2, 0.25) is 0 Å². The lowest BCUT2D eigenvalue weighted by atomic mass is 9.99. The molecular weight excluding hydrogens is 543 g/mol. The van der Waals surface area contributed by atoms with Gasteiger partial charge in [-0.3, -0.25) is 14.5 Å². The maximum atomic E-state index is 13.6. The molecule has 0 radical (unpaired) electrons. The zero-order valence-electron chi connectivity index (χ0n) is 22.9. The summed E-state index contributed by atoms with van der Waals surface area (Å²) >= 11 is 0. The number of carbonyl (C=O) groups is 2. The van der Waals surface area contributed by atoms with E-state index in [9.17, 15) is 27.9 Å². The molecule has 11 nitrogen and oxygen atoms in total. The molecule has 2 aromatic carbocycles. The number of halogens is 3. The van der Waals surface area contributed by atoms with Crippen molar-refractivity contribution in [2.24, 2.45) is 5.92 Å². The van der Waals surface area contributed by atoms with Crippen LogP contribution in [0, 0.1) is 5.92 Å². The third kappa shape index (κ3) is 7.58. The number of likely N-dealkylation sites (N-methyl/N-ethyl adjacent to an activating group) is 1. The number of carbonyl (C=O) groups excluding carboxylic acids is 2. The van der Waals surface area contributed by atoms with E-state index < -0.39 is 29.8 Å². The molecule has 3 atom stereocenters. The fourth-order valence-electron chi connectivity index (χ4n) is 4.60. The molecule has 2 heterocycles. The van der Waals surface area contributed by atoms with E-state index in [2.05, 4.69) is 20.8 Å². The van der Waals surface area contributed by atoms with Crippen molar-refractivity contribution in [3.63, 3.8) is 0 Å². The first-order valence-corrected chi connectivity index (χ1v) is 13.0. The number of nitrogens with zero attached hydrogens (tertiary/aromatic N) is 6. The van der Waals surface area contributed by atoms with E-state index in [0.717, 1.165) is 12.1 Å². The number of rotatable bonds is 9. The van der Waals surface area contributed by atoms with Gasteiger partial charge >= 0.3 is 6.18 Å². The summed E-state index contributed by atoms with van der Waals surface area (Å²) in [5.41, 5.74) is 0.617. The van der Waals surface area contributed by atoms with E-state index in [-0.39, 0.29) is 30.5 Å². The minimum Gasteiger partial charge on any atom is -0.488 e. The van der Waals surface area contributed by atoms with Crippen molar-refractivity contribution in [2.45, 2.75) is 45.3 Å². The fourth-order valence-corrected chi connectivity index (χ4v) is 4.60. The van der Waals surface area contributed by atoms with Gasteiger partial charge in [0, 0.05) is 31.2 Å². The number of ether oxygens (including phenoxy) is 1. The van der Waals surface area contributed by atoms with Gasteiger partial charge in [0.2, 0.25) is 5.91 Å². The van der Waals surface area contributed by atoms with Gasteiger partial charge in [0.25, 0.3) is 5.91 Å². The molecule has 220 valence electrons. The van der Waals surface area contributed by atoms with Crippen LogP contribution in [0.3, 0.4) is 0 Å². The first-order valence-electron chi connectivity index (χ1n) is 13.0. The van der Waals surface area contributed by atoms with Crippen LogP contribution in [0.5, 0.6) is 5.75 Å². The second-order valence-electron chi connectivity index (χ2n) is 10.3. The van der Waals surface area contributed by atoms with Crippen molar-refractivity contribution in [1.82, 2.24) is 30.0 Å². The van der Waals surface area contributed by atoms with Crippen molar-refractivity contribution in [1.29, 1.82) is 0 Å². The van der Waals surface area contributed by atoms with Crippen LogP contribution in [0.25, 0.3) is 0 Å². The minimum absolute atomic E-state index is 0.118. The van der Waals surface area contributed by atoms with Gasteiger partial charge in [-0.2, -0.15) is 13.2 Å². The molecule has 0 saturated heterocycles. The van der Waals surface area contributed by atoms with Gasteiger partial charge in [0.05, 0.1) is 23.8 Å². The summed E-state index contributed by atoms with van der Waals surface area (Å²) < 4.78 is 46.4. The smallest absolute Gasteiger partial charge is 0.416 e. The maximum absolute atomic E-state index is 13.6. The molecule has 41 heavy (non-hydrogen) atoms.